The van der Waals surface area contributed by atoms with Crippen molar-refractivity contribution in [3.05, 3.63) is 58.1 Å². The lowest BCUT2D eigenvalue weighted by molar-refractivity contribution is -0.0515. The molecule has 0 bridgehead atoms. The van der Waals surface area contributed by atoms with Crippen molar-refractivity contribution >= 4 is 21.8 Å². The van der Waals surface area contributed by atoms with Gasteiger partial charge in [-0.1, -0.05) is 34.1 Å². The van der Waals surface area contributed by atoms with E-state index in [0.29, 0.717) is 0 Å². The largest absolute Gasteiger partial charge is 0.493 e. The molecule has 1 saturated carbocycles. The molecule has 0 aromatic heterocycles. The van der Waals surface area contributed by atoms with Crippen molar-refractivity contribution in [3.8, 4) is 11.5 Å². The molecule has 0 aliphatic heterocycles. The lowest BCUT2D eigenvalue weighted by atomic mass is 10.0. The van der Waals surface area contributed by atoms with Gasteiger partial charge in [-0.25, -0.2) is 0 Å². The topological polar surface area (TPSA) is 47.6 Å². The van der Waals surface area contributed by atoms with Crippen molar-refractivity contribution in [1.29, 1.82) is 0 Å². The van der Waals surface area contributed by atoms with Crippen LogP contribution in [0.4, 0.5) is 8.78 Å². The minimum absolute atomic E-state index is 0.0167. The summed E-state index contributed by atoms with van der Waals surface area (Å²) in [7, 11) is 1.33. The number of rotatable bonds is 6. The Kier molecular flexibility index (Phi) is 4.94. The molecular weight excluding hydrogens is 396 g/mol. The quantitative estimate of drug-likeness (QED) is 0.762. The van der Waals surface area contributed by atoms with Crippen molar-refractivity contribution in [2.45, 2.75) is 25.0 Å². The number of ether oxygens (including phenoxy) is 2. The van der Waals surface area contributed by atoms with E-state index < -0.39 is 18.1 Å². The summed E-state index contributed by atoms with van der Waals surface area (Å²) in [6, 6.07) is 12.1. The van der Waals surface area contributed by atoms with Gasteiger partial charge in [-0.2, -0.15) is 8.78 Å². The van der Waals surface area contributed by atoms with E-state index in [9.17, 15) is 13.6 Å². The van der Waals surface area contributed by atoms with Gasteiger partial charge in [0.1, 0.15) is 0 Å². The Balaban J connectivity index is 1.87. The van der Waals surface area contributed by atoms with E-state index >= 15 is 0 Å². The summed E-state index contributed by atoms with van der Waals surface area (Å²) in [5, 5.41) is 2.95. The summed E-state index contributed by atoms with van der Waals surface area (Å²) in [4.78, 5) is 12.7. The predicted molar refractivity (Wildman–Crippen MR) is 92.1 cm³/mol. The Morgan fingerprint density at radius 3 is 2.44 bits per heavy atom. The fourth-order valence-corrected chi connectivity index (χ4v) is 2.99. The van der Waals surface area contributed by atoms with Crippen molar-refractivity contribution < 1.29 is 23.0 Å². The van der Waals surface area contributed by atoms with Gasteiger partial charge >= 0.3 is 6.61 Å². The number of halogens is 3. The molecule has 0 radical (unpaired) electrons. The molecule has 132 valence electrons. The van der Waals surface area contributed by atoms with E-state index in [-0.39, 0.29) is 17.1 Å². The first-order chi connectivity index (χ1) is 11.9. The van der Waals surface area contributed by atoms with E-state index in [4.69, 9.17) is 4.74 Å². The van der Waals surface area contributed by atoms with E-state index in [1.165, 1.54) is 19.2 Å². The zero-order chi connectivity index (χ0) is 18.0. The maximum atomic E-state index is 12.7. The van der Waals surface area contributed by atoms with Gasteiger partial charge in [0.25, 0.3) is 5.91 Å². The Labute approximate surface area is 152 Å². The molecule has 1 N–H and O–H groups in total. The van der Waals surface area contributed by atoms with Crippen LogP contribution >= 0.6 is 15.9 Å². The number of benzene rings is 2. The van der Waals surface area contributed by atoms with Crippen molar-refractivity contribution in [3.63, 3.8) is 0 Å². The summed E-state index contributed by atoms with van der Waals surface area (Å²) in [5.41, 5.74) is 0.523. The third kappa shape index (κ3) is 3.76. The van der Waals surface area contributed by atoms with E-state index in [2.05, 4.69) is 26.0 Å². The summed E-state index contributed by atoms with van der Waals surface area (Å²) in [6.45, 7) is -3.05. The summed E-state index contributed by atoms with van der Waals surface area (Å²) in [6.07, 6.45) is 1.57. The fourth-order valence-electron chi connectivity index (χ4n) is 2.73. The number of amides is 1. The zero-order valence-electron chi connectivity index (χ0n) is 13.4. The molecular formula is C18H16BrF2NO3. The Morgan fingerprint density at radius 1 is 1.20 bits per heavy atom. The number of carbonyl (C=O) groups is 1. The van der Waals surface area contributed by atoms with Crippen LogP contribution in [0.25, 0.3) is 0 Å². The van der Waals surface area contributed by atoms with E-state index in [1.807, 2.05) is 24.3 Å². The molecule has 2 aromatic rings. The molecule has 0 atom stereocenters. The summed E-state index contributed by atoms with van der Waals surface area (Å²) < 4.78 is 35.9. The van der Waals surface area contributed by atoms with Crippen LogP contribution in [0.15, 0.2) is 46.9 Å². The number of carbonyl (C=O) groups excluding carboxylic acids is 1. The second kappa shape index (κ2) is 7.00. The highest BCUT2D eigenvalue weighted by molar-refractivity contribution is 9.10. The van der Waals surface area contributed by atoms with Crippen LogP contribution in [0.2, 0.25) is 0 Å². The molecule has 2 aromatic carbocycles. The van der Waals surface area contributed by atoms with Crippen LogP contribution in [0.5, 0.6) is 11.5 Å². The first kappa shape index (κ1) is 17.7. The molecule has 7 heteroatoms. The van der Waals surface area contributed by atoms with Gasteiger partial charge < -0.3 is 14.8 Å². The predicted octanol–water partition coefficient (Wildman–Crippen LogP) is 4.48. The molecule has 3 rings (SSSR count). The molecule has 1 fully saturated rings. The fraction of sp³-hybridized carbons (Fsp3) is 0.278. The van der Waals surface area contributed by atoms with Gasteiger partial charge in [-0.3, -0.25) is 4.79 Å². The van der Waals surface area contributed by atoms with Crippen molar-refractivity contribution in [1.82, 2.24) is 5.32 Å². The number of alkyl halides is 2. The third-order valence-electron chi connectivity index (χ3n) is 4.15. The van der Waals surface area contributed by atoms with Crippen LogP contribution in [0.3, 0.4) is 0 Å². The minimum Gasteiger partial charge on any atom is -0.493 e. The normalized spacial score (nSPS) is 14.9. The molecule has 25 heavy (non-hydrogen) atoms. The average molecular weight is 412 g/mol. The maximum absolute atomic E-state index is 12.7. The summed E-state index contributed by atoms with van der Waals surface area (Å²) in [5.74, 6) is -0.652. The van der Waals surface area contributed by atoms with Crippen LogP contribution in [-0.4, -0.2) is 19.6 Å². The average Bonchev–Trinajstić information content (AvgIpc) is 3.35. The number of hydrogen-bond acceptors (Lipinski definition) is 3. The van der Waals surface area contributed by atoms with Crippen molar-refractivity contribution in [2.24, 2.45) is 0 Å². The van der Waals surface area contributed by atoms with Crippen LogP contribution in [0.1, 0.15) is 28.8 Å². The Morgan fingerprint density at radius 2 is 1.88 bits per heavy atom. The second-order valence-corrected chi connectivity index (χ2v) is 6.67. The molecule has 1 aliphatic rings. The molecule has 0 saturated heterocycles. The number of nitrogens with one attached hydrogen (secondary N) is 1. The maximum Gasteiger partial charge on any atom is 0.387 e. The Hall–Kier alpha value is -2.15. The van der Waals surface area contributed by atoms with Gasteiger partial charge in [-0.15, -0.1) is 0 Å². The summed E-state index contributed by atoms with van der Waals surface area (Å²) >= 11 is 3.38. The zero-order valence-corrected chi connectivity index (χ0v) is 15.0. The first-order valence-electron chi connectivity index (χ1n) is 7.65. The first-order valence-corrected chi connectivity index (χ1v) is 8.45. The van der Waals surface area contributed by atoms with Gasteiger partial charge in [0.05, 0.1) is 18.2 Å². The van der Waals surface area contributed by atoms with Crippen LogP contribution in [-0.2, 0) is 5.54 Å². The molecule has 1 aliphatic carbocycles. The lowest BCUT2D eigenvalue weighted by Gasteiger charge is -2.20. The molecule has 0 heterocycles. The molecule has 1 amide bonds. The van der Waals surface area contributed by atoms with E-state index in [0.717, 1.165) is 22.9 Å². The second-order valence-electron chi connectivity index (χ2n) is 5.76. The number of methoxy groups -OCH3 is 1. The minimum atomic E-state index is -3.05. The van der Waals surface area contributed by atoms with Crippen LogP contribution < -0.4 is 14.8 Å². The highest BCUT2D eigenvalue weighted by atomic mass is 79.9. The number of para-hydroxylation sites is 1. The SMILES string of the molecule is COc1cccc(C(=O)NC2(c3ccc(Br)cc3)CC2)c1OC(F)F. The van der Waals surface area contributed by atoms with E-state index in [1.54, 1.807) is 6.07 Å². The highest BCUT2D eigenvalue weighted by Crippen LogP contribution is 2.46. The van der Waals surface area contributed by atoms with Crippen LogP contribution in [0, 0.1) is 0 Å². The van der Waals surface area contributed by atoms with Gasteiger partial charge in [0, 0.05) is 4.47 Å². The lowest BCUT2D eigenvalue weighted by Crippen LogP contribution is -2.35. The smallest absolute Gasteiger partial charge is 0.387 e. The van der Waals surface area contributed by atoms with Gasteiger partial charge in [0.2, 0.25) is 0 Å². The molecule has 0 unspecified atom stereocenters. The molecule has 0 spiro atoms. The molecule has 4 nitrogen and oxygen atoms in total. The third-order valence-corrected chi connectivity index (χ3v) is 4.68. The van der Waals surface area contributed by atoms with Gasteiger partial charge in [-0.05, 0) is 42.7 Å². The monoisotopic (exact) mass is 411 g/mol. The Bertz CT molecular complexity index is 776. The van der Waals surface area contributed by atoms with Crippen molar-refractivity contribution in [2.75, 3.05) is 7.11 Å². The van der Waals surface area contributed by atoms with Gasteiger partial charge in [0.15, 0.2) is 11.5 Å². The number of hydrogen-bond donors (Lipinski definition) is 1. The highest BCUT2D eigenvalue weighted by Gasteiger charge is 2.46. The standard InChI is InChI=1S/C18H16BrF2NO3/c1-24-14-4-2-3-13(15(14)25-17(20)21)16(23)22-18(9-10-18)11-5-7-12(19)8-6-11/h2-8,17H,9-10H2,1H3,(H,22,23).